The van der Waals surface area contributed by atoms with Crippen molar-refractivity contribution in [3.8, 4) is 0 Å². The molecule has 3 aliphatic rings. The summed E-state index contributed by atoms with van der Waals surface area (Å²) >= 11 is 3.40. The maximum Gasteiger partial charge on any atom is 0.329 e. The molecule has 3 fully saturated rings. The third kappa shape index (κ3) is 26.3. The highest BCUT2D eigenvalue weighted by Crippen LogP contribution is 2.30. The Bertz CT molecular complexity index is 4280. The summed E-state index contributed by atoms with van der Waals surface area (Å²) in [5, 5.41) is 26.1. The van der Waals surface area contributed by atoms with E-state index in [1.807, 2.05) is 0 Å². The van der Waals surface area contributed by atoms with Crippen LogP contribution in [0.15, 0.2) is 64.2 Å². The number of nitrogens with zero attached hydrogens (tertiary/aromatic N) is 4. The molecule has 2 aromatic carbocycles. The van der Waals surface area contributed by atoms with Crippen molar-refractivity contribution in [2.75, 3.05) is 32.4 Å². The number of para-hydroxylation sites is 1. The van der Waals surface area contributed by atoms with E-state index < -0.39 is 238 Å². The number of likely N-dealkylation sites (N-methyl/N-ethyl adjacent to an activating group) is 1. The number of rotatable bonds is 35. The van der Waals surface area contributed by atoms with Gasteiger partial charge in [0.05, 0.1) is 6.42 Å². The molecule has 0 saturated carbocycles. The number of likely N-dealkylation sites (tertiary alicyclic amines) is 1. The number of carbonyl (C=O) groups is 16. The third-order valence-corrected chi connectivity index (χ3v) is 22.0. The molecule has 0 radical (unpaired) electrons. The molecule has 3 unspecified atom stereocenters. The van der Waals surface area contributed by atoms with E-state index in [0.717, 1.165) is 18.4 Å². The van der Waals surface area contributed by atoms with Gasteiger partial charge in [0.2, 0.25) is 89.1 Å². The van der Waals surface area contributed by atoms with Gasteiger partial charge >= 0.3 is 5.97 Å². The number of carbonyl (C=O) groups excluding carboxylic acids is 16. The molecule has 4 heterocycles. The van der Waals surface area contributed by atoms with Gasteiger partial charge in [-0.1, -0.05) is 102 Å². The van der Waals surface area contributed by atoms with Crippen LogP contribution >= 0.6 is 15.9 Å². The summed E-state index contributed by atoms with van der Waals surface area (Å²) in [4.78, 5) is 237. The topological polar surface area (TPSA) is 599 Å². The largest absolute Gasteiger partial charge is 0.458 e. The van der Waals surface area contributed by atoms with E-state index in [4.69, 9.17) is 27.7 Å². The zero-order valence-corrected chi connectivity index (χ0v) is 69.2. The van der Waals surface area contributed by atoms with Gasteiger partial charge in [-0.25, -0.2) is 4.79 Å². The van der Waals surface area contributed by atoms with Gasteiger partial charge in [0, 0.05) is 67.5 Å². The average molecular weight is 1710 g/mol. The Morgan fingerprint density at radius 3 is 1.97 bits per heavy atom. The van der Waals surface area contributed by atoms with E-state index in [2.05, 4.69) is 79.1 Å². The first-order chi connectivity index (χ1) is 54.3. The van der Waals surface area contributed by atoms with Gasteiger partial charge < -0.3 is 101 Å². The summed E-state index contributed by atoms with van der Waals surface area (Å²) in [6.45, 7) is 15.5. The van der Waals surface area contributed by atoms with E-state index in [1.165, 1.54) is 16.7 Å². The number of nitrogens with two attached hydrogens (primary N) is 4. The maximum absolute atomic E-state index is 15.4. The summed E-state index contributed by atoms with van der Waals surface area (Å²) < 4.78 is 43.0. The van der Waals surface area contributed by atoms with Crippen LogP contribution in [-0.4, -0.2) is 251 Å². The zero-order valence-electron chi connectivity index (χ0n) is 66.8. The van der Waals surface area contributed by atoms with Crippen molar-refractivity contribution in [3.63, 3.8) is 0 Å². The fourth-order valence-corrected chi connectivity index (χ4v) is 14.6. The van der Waals surface area contributed by atoms with Crippen LogP contribution in [0.4, 0.5) is 0 Å². The number of primary amides is 2. The Labute approximate surface area is 680 Å². The van der Waals surface area contributed by atoms with Gasteiger partial charge in [0.25, 0.3) is 10.1 Å². The summed E-state index contributed by atoms with van der Waals surface area (Å²) in [5.41, 5.74) is 21.7. The van der Waals surface area contributed by atoms with Crippen molar-refractivity contribution in [1.29, 1.82) is 0 Å². The summed E-state index contributed by atoms with van der Waals surface area (Å²) in [6.07, 6.45) is -2.02. The van der Waals surface area contributed by atoms with Crippen molar-refractivity contribution in [2.45, 2.75) is 231 Å². The molecule has 14 atom stereocenters. The predicted octanol–water partition coefficient (Wildman–Crippen LogP) is -2.81. The number of benzene rings is 2. The number of ether oxygens (including phenoxy) is 1. The molecular weight excluding hydrogens is 1600 g/mol. The minimum atomic E-state index is -5.40. The predicted molar refractivity (Wildman–Crippen MR) is 424 cm³/mol. The summed E-state index contributed by atoms with van der Waals surface area (Å²) in [5.74, 6) is -18.4. The monoisotopic (exact) mass is 1710 g/mol. The smallest absolute Gasteiger partial charge is 0.329 e. The van der Waals surface area contributed by atoms with E-state index in [1.54, 1.807) is 110 Å². The molecule has 0 bridgehead atoms. The van der Waals surface area contributed by atoms with Crippen molar-refractivity contribution in [1.82, 2.24) is 72.9 Å². The number of hydrogen-bond acceptors (Lipinski definition) is 20. The Morgan fingerprint density at radius 1 is 0.733 bits per heavy atom. The first-order valence-electron chi connectivity index (χ1n) is 38.1. The molecule has 39 nitrogen and oxygen atoms in total. The number of amides is 15. The summed E-state index contributed by atoms with van der Waals surface area (Å²) in [6, 6.07) is -7.17. The highest BCUT2D eigenvalue weighted by atomic mass is 79.9. The molecule has 116 heavy (non-hydrogen) atoms. The first kappa shape index (κ1) is 94.0. The molecule has 3 saturated heterocycles. The van der Waals surface area contributed by atoms with E-state index in [0.29, 0.717) is 39.8 Å². The molecule has 638 valence electrons. The molecule has 0 aliphatic carbocycles. The Hall–Kier alpha value is -10.8. The number of aliphatic imine (C=N–C) groups is 1. The number of H-pyrrole nitrogens is 1. The second-order valence-corrected chi connectivity index (χ2v) is 33.8. The van der Waals surface area contributed by atoms with Crippen LogP contribution in [0.1, 0.15) is 145 Å². The molecule has 15 amide bonds. The first-order valence-corrected chi connectivity index (χ1v) is 40.6. The van der Waals surface area contributed by atoms with E-state index in [9.17, 15) is 65.7 Å². The fraction of sp³-hybridized carbons (Fsp3) is 0.587. The molecule has 6 rings (SSSR count). The minimum absolute atomic E-state index is 0.00569. The van der Waals surface area contributed by atoms with Gasteiger partial charge in [-0.2, -0.15) is 8.42 Å². The highest BCUT2D eigenvalue weighted by molar-refractivity contribution is 9.10. The lowest BCUT2D eigenvalue weighted by Gasteiger charge is -2.38. The van der Waals surface area contributed by atoms with Crippen LogP contribution in [0.5, 0.6) is 0 Å². The Balaban J connectivity index is 1.35. The number of hydrogen-bond donors (Lipinski definition) is 16. The lowest BCUT2D eigenvalue weighted by molar-refractivity contribution is -0.159. The lowest BCUT2D eigenvalue weighted by atomic mass is 9.80. The van der Waals surface area contributed by atoms with Gasteiger partial charge in [0.15, 0.2) is 5.96 Å². The number of guanidine groups is 1. The van der Waals surface area contributed by atoms with Crippen LogP contribution in [0.3, 0.4) is 0 Å². The zero-order chi connectivity index (χ0) is 86.6. The normalized spacial score (nSPS) is 21.0. The number of aromatic nitrogens is 1. The van der Waals surface area contributed by atoms with Crippen molar-refractivity contribution < 1.29 is 94.4 Å². The molecule has 20 N–H and O–H groups in total. The van der Waals surface area contributed by atoms with Crippen LogP contribution < -0.4 is 76.1 Å². The van der Waals surface area contributed by atoms with Crippen molar-refractivity contribution >= 4 is 138 Å². The molecule has 3 aliphatic heterocycles. The number of fused-ring (bicyclic) bond motifs is 2. The van der Waals surface area contributed by atoms with Crippen molar-refractivity contribution in [3.05, 3.63) is 70.3 Å². The number of esters is 1. The Morgan fingerprint density at radius 2 is 1.35 bits per heavy atom. The van der Waals surface area contributed by atoms with Crippen LogP contribution in [0.2, 0.25) is 0 Å². The van der Waals surface area contributed by atoms with Crippen LogP contribution in [0, 0.1) is 16.7 Å². The number of cyclic esters (lactones) is 1. The Kier molecular flexibility index (Phi) is 33.7. The van der Waals surface area contributed by atoms with E-state index >= 15 is 24.0 Å². The molecule has 41 heteroatoms. The number of nitrogens with one attached hydrogen (secondary N) is 11. The minimum Gasteiger partial charge on any atom is -0.458 e. The summed E-state index contributed by atoms with van der Waals surface area (Å²) in [7, 11) is -4.37. The fourth-order valence-electron chi connectivity index (χ4n) is 13.7. The number of aromatic amines is 1. The van der Waals surface area contributed by atoms with Crippen LogP contribution in [0.25, 0.3) is 10.9 Å². The quantitative estimate of drug-likeness (QED) is 0.00706. The average Bonchev–Trinajstić information content (AvgIpc) is 1.64. The molecular formula is C75H110BrN19O20S. The van der Waals surface area contributed by atoms with Gasteiger partial charge in [-0.3, -0.25) is 81.5 Å². The molecule has 0 spiro atoms. The second-order valence-electron chi connectivity index (χ2n) is 31.4. The second kappa shape index (κ2) is 41.6. The van der Waals surface area contributed by atoms with Crippen molar-refractivity contribution in [2.24, 2.45) is 44.7 Å². The van der Waals surface area contributed by atoms with Gasteiger partial charge in [-0.15, -0.1) is 0 Å². The van der Waals surface area contributed by atoms with Gasteiger partial charge in [0.1, 0.15) is 90.4 Å². The molecule has 3 aromatic rings. The third-order valence-electron chi connectivity index (χ3n) is 20.7. The standard InChI is InChI=1S/C75H110BrN19O20S/c1-12-75(9,10)59(92-67(106)58(74(6,7)8)91-66(105)53-22-16-30-94(53)69(108)48(86-60(99)39(4)83-37-96)32-41-23-25-43(76)26-24-41)68(107)85-47(33-42-35-82-45-19-14-13-18-44(42)45)62(101)84-46(20-15-29-81-73(79)80)61(100)88-50(36-116(112,113)114)63(102)90-57-40(5)115-72(111)49(34-55(78)98)87-65(104)52-21-17-31-95(52)71(110)56(38(2)3)89-64(103)51(27-28-54(77)97)93(11)70(57)109/h13-14,18-19,23-26,35,37-40,46-53,56-59,82H,12,15-17,20-22,27-34,36H2,1-11H3,(H2,77,97)(H2,78,98)(H,83,96)(H,84,101)(H,85,107)(H,86,99)(H,87,104)(H,88,100)(H,89,103)(H,90,102)(H,91,105)(H,92,106)(H4,79,80,81)(H,112,113,114)/t39-,40-,46+,47-,48+,49-,50-,51?,52+,53+,56-,57?,58+,59?/m1/s1. The molecule has 1 aromatic heterocycles. The SMILES string of the molecule is CCC(C)(C)C(NC(=O)[C@H](NC(=O)[C@@H]1CCCN1C(=O)[C@H](Cc1ccc(Br)cc1)NC(=O)[C@@H](C)NC=O)C(C)(C)C)C(=O)N[C@H](Cc1c[nH]c2ccccc12)C(=O)N[C@@H](CCCN=C(N)N)C(=O)N[C@H](CS(=O)(=O)O)C(=O)NC1C(=O)N(C)C(CCC(N)=O)C(=O)N[C@H](C(C)C)C(=O)N2CCC[C@H]2C(=O)N[C@H](CC(N)=O)C(=O)O[C@@H]1C. The number of halogens is 1. The lowest BCUT2D eigenvalue weighted by Crippen LogP contribution is -2.64. The maximum atomic E-state index is 15.4. The van der Waals surface area contributed by atoms with Gasteiger partial charge in [-0.05, 0) is 111 Å². The highest BCUT2D eigenvalue weighted by Gasteiger charge is 2.48. The van der Waals surface area contributed by atoms with E-state index in [-0.39, 0.29) is 64.6 Å². The van der Waals surface area contributed by atoms with Crippen LogP contribution in [-0.2, 0) is 104 Å².